The number of aryl methyl sites for hydroxylation is 1. The van der Waals surface area contributed by atoms with Gasteiger partial charge in [0.15, 0.2) is 0 Å². The highest BCUT2D eigenvalue weighted by atomic mass is 35.5. The van der Waals surface area contributed by atoms with E-state index >= 15 is 0 Å². The molecule has 0 aromatic heterocycles. The first-order valence-electron chi connectivity index (χ1n) is 9.64. The van der Waals surface area contributed by atoms with Gasteiger partial charge in [0.1, 0.15) is 5.82 Å². The van der Waals surface area contributed by atoms with E-state index in [1.807, 2.05) is 24.0 Å². The number of para-hydroxylation sites is 1. The normalized spacial score (nSPS) is 18.1. The molecule has 2 aliphatic rings. The molecular weight excluding hydrogens is 415 g/mol. The van der Waals surface area contributed by atoms with Crippen molar-refractivity contribution in [3.8, 4) is 0 Å². The maximum Gasteiger partial charge on any atom is 0.243 e. The van der Waals surface area contributed by atoms with Crippen molar-refractivity contribution in [3.63, 3.8) is 0 Å². The molecule has 1 fully saturated rings. The third-order valence-corrected chi connectivity index (χ3v) is 7.98. The zero-order chi connectivity index (χ0) is 20.8. The number of hydrogen-bond donors (Lipinski definition) is 0. The molecule has 154 valence electrons. The van der Waals surface area contributed by atoms with Crippen LogP contribution in [-0.2, 0) is 21.2 Å². The van der Waals surface area contributed by atoms with Crippen molar-refractivity contribution in [1.82, 2.24) is 4.31 Å². The lowest BCUT2D eigenvalue weighted by Crippen LogP contribution is -2.44. The Morgan fingerprint density at radius 2 is 1.86 bits per heavy atom. The number of piperidine rings is 1. The summed E-state index contributed by atoms with van der Waals surface area (Å²) in [6.07, 6.45) is 1.77. The summed E-state index contributed by atoms with van der Waals surface area (Å²) in [5, 5.41) is -0.223. The molecule has 0 aliphatic carbocycles. The Bertz CT molecular complexity index is 1070. The number of carbonyl (C=O) groups excluding carboxylic acids is 1. The summed E-state index contributed by atoms with van der Waals surface area (Å²) in [6, 6.07) is 9.48. The first kappa shape index (κ1) is 20.3. The van der Waals surface area contributed by atoms with Crippen molar-refractivity contribution in [3.05, 3.63) is 58.4 Å². The summed E-state index contributed by atoms with van der Waals surface area (Å²) in [4.78, 5) is 15.0. The first-order valence-corrected chi connectivity index (χ1v) is 11.5. The predicted molar refractivity (Wildman–Crippen MR) is 110 cm³/mol. The fourth-order valence-electron chi connectivity index (χ4n) is 4.22. The van der Waals surface area contributed by atoms with Crippen LogP contribution in [0.4, 0.5) is 10.1 Å². The van der Waals surface area contributed by atoms with Crippen LogP contribution in [0.15, 0.2) is 41.3 Å². The van der Waals surface area contributed by atoms with Crippen LogP contribution in [0.1, 0.15) is 24.0 Å². The van der Waals surface area contributed by atoms with E-state index in [1.54, 1.807) is 0 Å². The predicted octanol–water partition coefficient (Wildman–Crippen LogP) is 3.78. The maximum atomic E-state index is 13.4. The molecule has 0 saturated carbocycles. The molecule has 0 spiro atoms. The van der Waals surface area contributed by atoms with Gasteiger partial charge >= 0.3 is 0 Å². The van der Waals surface area contributed by atoms with Gasteiger partial charge in [0.05, 0.1) is 9.92 Å². The first-order chi connectivity index (χ1) is 13.8. The highest BCUT2D eigenvalue weighted by molar-refractivity contribution is 7.89. The van der Waals surface area contributed by atoms with Crippen LogP contribution in [-0.4, -0.2) is 38.3 Å². The number of fused-ring (bicyclic) bond motifs is 1. The average Bonchev–Trinajstić information content (AvgIpc) is 3.15. The Kier molecular flexibility index (Phi) is 5.40. The largest absolute Gasteiger partial charge is 0.311 e. The van der Waals surface area contributed by atoms with E-state index in [9.17, 15) is 17.6 Å². The Morgan fingerprint density at radius 1 is 1.14 bits per heavy atom. The minimum Gasteiger partial charge on any atom is -0.311 e. The molecule has 0 bridgehead atoms. The number of sulfonamides is 1. The number of anilines is 1. The van der Waals surface area contributed by atoms with Crippen molar-refractivity contribution in [2.45, 2.75) is 31.1 Å². The van der Waals surface area contributed by atoms with E-state index in [4.69, 9.17) is 11.6 Å². The van der Waals surface area contributed by atoms with Crippen LogP contribution in [0.2, 0.25) is 5.02 Å². The molecule has 1 saturated heterocycles. The van der Waals surface area contributed by atoms with Crippen molar-refractivity contribution in [2.24, 2.45) is 5.92 Å². The van der Waals surface area contributed by atoms with Gasteiger partial charge in [0.25, 0.3) is 0 Å². The SMILES string of the molecule is Cc1cccc2c1N(C(=O)C1CCN(S(=O)(=O)c3ccc(F)c(Cl)c3)CC1)CC2. The van der Waals surface area contributed by atoms with Crippen LogP contribution in [0.3, 0.4) is 0 Å². The summed E-state index contributed by atoms with van der Waals surface area (Å²) in [5.41, 5.74) is 3.28. The monoisotopic (exact) mass is 436 g/mol. The van der Waals surface area contributed by atoms with Gasteiger partial charge in [0.2, 0.25) is 15.9 Å². The topological polar surface area (TPSA) is 57.7 Å². The van der Waals surface area contributed by atoms with Crippen molar-refractivity contribution < 1.29 is 17.6 Å². The van der Waals surface area contributed by atoms with Gasteiger partial charge in [-0.3, -0.25) is 4.79 Å². The zero-order valence-electron chi connectivity index (χ0n) is 16.1. The van der Waals surface area contributed by atoms with E-state index in [0.29, 0.717) is 19.4 Å². The molecule has 0 atom stereocenters. The second-order valence-electron chi connectivity index (χ2n) is 7.58. The Morgan fingerprint density at radius 3 is 2.55 bits per heavy atom. The van der Waals surface area contributed by atoms with Gasteiger partial charge in [-0.05, 0) is 55.5 Å². The third kappa shape index (κ3) is 3.67. The van der Waals surface area contributed by atoms with Gasteiger partial charge in [-0.1, -0.05) is 29.8 Å². The summed E-state index contributed by atoms with van der Waals surface area (Å²) in [7, 11) is -3.77. The fraction of sp³-hybridized carbons (Fsp3) is 0.381. The summed E-state index contributed by atoms with van der Waals surface area (Å²) >= 11 is 5.74. The van der Waals surface area contributed by atoms with Crippen LogP contribution in [0, 0.1) is 18.7 Å². The minimum atomic E-state index is -3.77. The third-order valence-electron chi connectivity index (χ3n) is 5.79. The lowest BCUT2D eigenvalue weighted by Gasteiger charge is -2.33. The second-order valence-corrected chi connectivity index (χ2v) is 9.92. The van der Waals surface area contributed by atoms with Gasteiger partial charge in [0, 0.05) is 31.2 Å². The molecule has 0 unspecified atom stereocenters. The van der Waals surface area contributed by atoms with Crippen LogP contribution < -0.4 is 4.90 Å². The van der Waals surface area contributed by atoms with Gasteiger partial charge in [-0.15, -0.1) is 0 Å². The number of halogens is 2. The molecule has 2 aromatic rings. The lowest BCUT2D eigenvalue weighted by atomic mass is 9.96. The van der Waals surface area contributed by atoms with Gasteiger partial charge < -0.3 is 4.90 Å². The Labute approximate surface area is 175 Å². The number of rotatable bonds is 3. The van der Waals surface area contributed by atoms with E-state index in [2.05, 4.69) is 6.07 Å². The molecular formula is C21H22ClFN2O3S. The zero-order valence-corrected chi connectivity index (χ0v) is 17.6. The molecule has 1 amide bonds. The smallest absolute Gasteiger partial charge is 0.243 e. The van der Waals surface area contributed by atoms with E-state index in [1.165, 1.54) is 15.9 Å². The van der Waals surface area contributed by atoms with E-state index in [-0.39, 0.29) is 34.8 Å². The average molecular weight is 437 g/mol. The standard InChI is InChI=1S/C21H22ClFN2O3S/c1-14-3-2-4-15-9-12-25(20(14)15)21(26)16-7-10-24(11-8-16)29(27,28)17-5-6-19(23)18(22)13-17/h2-6,13,16H,7-12H2,1H3. The molecule has 8 heteroatoms. The van der Waals surface area contributed by atoms with E-state index < -0.39 is 15.8 Å². The highest BCUT2D eigenvalue weighted by Crippen LogP contribution is 2.34. The van der Waals surface area contributed by atoms with Gasteiger partial charge in [-0.25, -0.2) is 12.8 Å². The number of amides is 1. The van der Waals surface area contributed by atoms with Crippen molar-refractivity contribution in [1.29, 1.82) is 0 Å². The lowest BCUT2D eigenvalue weighted by molar-refractivity contribution is -0.123. The van der Waals surface area contributed by atoms with Gasteiger partial charge in [-0.2, -0.15) is 4.31 Å². The molecule has 29 heavy (non-hydrogen) atoms. The second kappa shape index (κ2) is 7.70. The molecule has 2 aliphatic heterocycles. The molecule has 0 radical (unpaired) electrons. The summed E-state index contributed by atoms with van der Waals surface area (Å²) in [6.45, 7) is 3.18. The number of nitrogens with zero attached hydrogens (tertiary/aromatic N) is 2. The molecule has 5 nitrogen and oxygen atoms in total. The minimum absolute atomic E-state index is 0.0298. The number of hydrogen-bond acceptors (Lipinski definition) is 3. The van der Waals surface area contributed by atoms with E-state index in [0.717, 1.165) is 29.8 Å². The molecule has 2 heterocycles. The number of carbonyl (C=O) groups is 1. The maximum absolute atomic E-state index is 13.4. The van der Waals surface area contributed by atoms with Crippen LogP contribution >= 0.6 is 11.6 Å². The molecule has 2 aromatic carbocycles. The van der Waals surface area contributed by atoms with Crippen LogP contribution in [0.5, 0.6) is 0 Å². The summed E-state index contributed by atoms with van der Waals surface area (Å²) in [5.74, 6) is -0.792. The van der Waals surface area contributed by atoms with Crippen LogP contribution in [0.25, 0.3) is 0 Å². The Hall–Kier alpha value is -1.96. The Balaban J connectivity index is 1.46. The van der Waals surface area contributed by atoms with Crippen molar-refractivity contribution in [2.75, 3.05) is 24.5 Å². The molecule has 4 rings (SSSR count). The number of benzene rings is 2. The quantitative estimate of drug-likeness (QED) is 0.735. The summed E-state index contributed by atoms with van der Waals surface area (Å²) < 4.78 is 40.4. The van der Waals surface area contributed by atoms with Crippen molar-refractivity contribution >= 4 is 33.2 Å². The molecule has 0 N–H and O–H groups in total. The fourth-order valence-corrected chi connectivity index (χ4v) is 5.96. The highest BCUT2D eigenvalue weighted by Gasteiger charge is 2.36.